The summed E-state index contributed by atoms with van der Waals surface area (Å²) in [5.74, 6) is -2.30. The second-order valence-electron chi connectivity index (χ2n) is 5.74. The summed E-state index contributed by atoms with van der Waals surface area (Å²) in [6.45, 7) is 0.185. The third kappa shape index (κ3) is 3.82. The van der Waals surface area contributed by atoms with Crippen molar-refractivity contribution >= 4 is 23.2 Å². The van der Waals surface area contributed by atoms with Gasteiger partial charge < -0.3 is 14.7 Å². The quantitative estimate of drug-likeness (QED) is 0.824. The number of thiophene rings is 1. The number of esters is 1. The van der Waals surface area contributed by atoms with Gasteiger partial charge in [-0.05, 0) is 41.6 Å². The molecule has 1 aliphatic rings. The first-order valence-electron chi connectivity index (χ1n) is 7.66. The van der Waals surface area contributed by atoms with Gasteiger partial charge in [0.2, 0.25) is 0 Å². The average Bonchev–Trinajstić information content (AvgIpc) is 3.05. The first-order valence-corrected chi connectivity index (χ1v) is 8.54. The lowest BCUT2D eigenvalue weighted by molar-refractivity contribution is -0.138. The molecule has 0 unspecified atom stereocenters. The molecule has 9 heteroatoms. The molecule has 1 aromatic carbocycles. The van der Waals surface area contributed by atoms with Gasteiger partial charge in [0.15, 0.2) is 6.61 Å². The van der Waals surface area contributed by atoms with Crippen LogP contribution in [0.3, 0.4) is 0 Å². The monoisotopic (exact) mass is 385 g/mol. The number of phenolic OH excluding ortho intramolecular Hbond substituents is 1. The van der Waals surface area contributed by atoms with Crippen LogP contribution in [-0.2, 0) is 28.7 Å². The Morgan fingerprint density at radius 3 is 2.77 bits per heavy atom. The average molecular weight is 385 g/mol. The molecule has 0 bridgehead atoms. The molecule has 0 fully saturated rings. The Bertz CT molecular complexity index is 847. The molecule has 0 aliphatic carbocycles. The molecule has 3 rings (SSSR count). The lowest BCUT2D eigenvalue weighted by Gasteiger charge is -2.26. The molecule has 1 aliphatic heterocycles. The molecule has 0 atom stereocenters. The zero-order chi connectivity index (χ0) is 18.9. The maximum Gasteiger partial charge on any atom is 0.417 e. The molecule has 26 heavy (non-hydrogen) atoms. The van der Waals surface area contributed by atoms with E-state index in [1.165, 1.54) is 9.78 Å². The van der Waals surface area contributed by atoms with Gasteiger partial charge >= 0.3 is 12.1 Å². The Hall–Kier alpha value is -2.55. The van der Waals surface area contributed by atoms with Crippen molar-refractivity contribution in [3.63, 3.8) is 0 Å². The summed E-state index contributed by atoms with van der Waals surface area (Å²) in [6.07, 6.45) is -4.09. The van der Waals surface area contributed by atoms with Crippen LogP contribution in [0.1, 0.15) is 26.4 Å². The van der Waals surface area contributed by atoms with Gasteiger partial charge in [-0.15, -0.1) is 11.3 Å². The Labute approximate surface area is 150 Å². The van der Waals surface area contributed by atoms with Gasteiger partial charge in [-0.2, -0.15) is 13.2 Å². The van der Waals surface area contributed by atoms with E-state index in [1.807, 2.05) is 11.4 Å². The second-order valence-corrected chi connectivity index (χ2v) is 6.74. The number of benzene rings is 1. The largest absolute Gasteiger partial charge is 0.508 e. The Morgan fingerprint density at radius 1 is 1.27 bits per heavy atom. The zero-order valence-electron chi connectivity index (χ0n) is 13.4. The molecule has 1 aromatic heterocycles. The molecule has 0 saturated carbocycles. The number of amides is 1. The molecule has 138 valence electrons. The molecule has 2 aromatic rings. The van der Waals surface area contributed by atoms with Crippen molar-refractivity contribution in [3.8, 4) is 5.75 Å². The Morgan fingerprint density at radius 2 is 2.04 bits per heavy atom. The summed E-state index contributed by atoms with van der Waals surface area (Å²) < 4.78 is 43.7. The number of hydrogen-bond acceptors (Lipinski definition) is 5. The molecular weight excluding hydrogens is 371 g/mol. The van der Waals surface area contributed by atoms with Crippen LogP contribution in [0.15, 0.2) is 29.6 Å². The van der Waals surface area contributed by atoms with Gasteiger partial charge in [0.05, 0.1) is 11.1 Å². The summed E-state index contributed by atoms with van der Waals surface area (Å²) >= 11 is 1.61. The first-order chi connectivity index (χ1) is 12.3. The van der Waals surface area contributed by atoms with Gasteiger partial charge in [0.1, 0.15) is 5.75 Å². The van der Waals surface area contributed by atoms with E-state index in [2.05, 4.69) is 0 Å². The highest BCUT2D eigenvalue weighted by atomic mass is 32.1. The minimum absolute atomic E-state index is 0.384. The van der Waals surface area contributed by atoms with Crippen molar-refractivity contribution < 1.29 is 32.6 Å². The Balaban J connectivity index is 1.66. The van der Waals surface area contributed by atoms with Crippen LogP contribution >= 0.6 is 11.3 Å². The summed E-state index contributed by atoms with van der Waals surface area (Å²) in [6, 6.07) is 4.01. The van der Waals surface area contributed by atoms with E-state index in [-0.39, 0.29) is 0 Å². The number of phenols is 1. The van der Waals surface area contributed by atoms with Gasteiger partial charge in [0, 0.05) is 18.0 Å². The highest BCUT2D eigenvalue weighted by Crippen LogP contribution is 2.34. The smallest absolute Gasteiger partial charge is 0.417 e. The fourth-order valence-electron chi connectivity index (χ4n) is 2.71. The van der Waals surface area contributed by atoms with Gasteiger partial charge in [-0.3, -0.25) is 4.79 Å². The number of carbonyl (C=O) groups is 2. The molecule has 0 saturated heterocycles. The van der Waals surface area contributed by atoms with E-state index >= 15 is 0 Å². The van der Waals surface area contributed by atoms with Crippen molar-refractivity contribution in [2.45, 2.75) is 19.1 Å². The van der Waals surface area contributed by atoms with E-state index in [0.717, 1.165) is 11.6 Å². The maximum atomic E-state index is 13.0. The first kappa shape index (κ1) is 18.2. The van der Waals surface area contributed by atoms with Crippen LogP contribution < -0.4 is 0 Å². The highest BCUT2D eigenvalue weighted by Gasteiger charge is 2.36. The van der Waals surface area contributed by atoms with Crippen LogP contribution in [0, 0.1) is 0 Å². The van der Waals surface area contributed by atoms with E-state index in [9.17, 15) is 27.9 Å². The van der Waals surface area contributed by atoms with Crippen LogP contribution in [0.5, 0.6) is 5.75 Å². The number of halogens is 3. The van der Waals surface area contributed by atoms with Crippen molar-refractivity contribution in [1.82, 2.24) is 4.90 Å². The molecule has 1 amide bonds. The number of alkyl halides is 3. The topological polar surface area (TPSA) is 66.8 Å². The number of fused-ring (bicyclic) bond motifs is 1. The van der Waals surface area contributed by atoms with Crippen LogP contribution in [0.2, 0.25) is 0 Å². The van der Waals surface area contributed by atoms with Crippen molar-refractivity contribution in [1.29, 1.82) is 0 Å². The molecular formula is C17H14F3NO4S. The molecule has 5 nitrogen and oxygen atoms in total. The van der Waals surface area contributed by atoms with Gasteiger partial charge in [-0.25, -0.2) is 4.79 Å². The van der Waals surface area contributed by atoms with E-state index in [1.54, 1.807) is 11.3 Å². The fraction of sp³-hybridized carbons (Fsp3) is 0.294. The lowest BCUT2D eigenvalue weighted by atomic mass is 10.1. The summed E-state index contributed by atoms with van der Waals surface area (Å²) in [5, 5.41) is 11.3. The molecule has 0 spiro atoms. The third-order valence-electron chi connectivity index (χ3n) is 4.02. The highest BCUT2D eigenvalue weighted by molar-refractivity contribution is 7.10. The number of aromatic hydroxyl groups is 1. The molecule has 2 heterocycles. The number of ether oxygens (including phenoxy) is 1. The van der Waals surface area contributed by atoms with Crippen molar-refractivity contribution in [2.24, 2.45) is 0 Å². The minimum atomic E-state index is -4.78. The lowest BCUT2D eigenvalue weighted by Crippen LogP contribution is -2.38. The SMILES string of the molecule is O=C(OCC(=O)N1CCc2sccc2C1)c1cc(O)ccc1C(F)(F)F. The van der Waals surface area contributed by atoms with E-state index in [4.69, 9.17) is 4.74 Å². The Kier molecular flexibility index (Phi) is 4.90. The van der Waals surface area contributed by atoms with Gasteiger partial charge in [-0.1, -0.05) is 0 Å². The standard InChI is InChI=1S/C17H14F3NO4S/c18-17(19,20)13-2-1-11(22)7-12(13)16(24)25-9-15(23)21-5-3-14-10(8-21)4-6-26-14/h1-2,4,6-7,22H,3,5,8-9H2. The van der Waals surface area contributed by atoms with Crippen LogP contribution in [-0.4, -0.2) is 35.0 Å². The summed E-state index contributed by atoms with van der Waals surface area (Å²) in [7, 11) is 0. The summed E-state index contributed by atoms with van der Waals surface area (Å²) in [5.41, 5.74) is -1.04. The third-order valence-corrected chi connectivity index (χ3v) is 5.04. The number of nitrogens with zero attached hydrogens (tertiary/aromatic N) is 1. The number of carbonyl (C=O) groups excluding carboxylic acids is 2. The maximum absolute atomic E-state index is 13.0. The molecule has 1 N–H and O–H groups in total. The zero-order valence-corrected chi connectivity index (χ0v) is 14.2. The number of rotatable bonds is 3. The van der Waals surface area contributed by atoms with E-state index < -0.39 is 41.5 Å². The second kappa shape index (κ2) is 6.99. The summed E-state index contributed by atoms with van der Waals surface area (Å²) in [4.78, 5) is 26.9. The van der Waals surface area contributed by atoms with Crippen molar-refractivity contribution in [3.05, 3.63) is 51.2 Å². The predicted octanol–water partition coefficient (Wildman–Crippen LogP) is 3.21. The van der Waals surface area contributed by atoms with Crippen LogP contribution in [0.25, 0.3) is 0 Å². The number of hydrogen-bond donors (Lipinski definition) is 1. The minimum Gasteiger partial charge on any atom is -0.508 e. The normalized spacial score (nSPS) is 14.0. The molecule has 0 radical (unpaired) electrons. The van der Waals surface area contributed by atoms with E-state index in [0.29, 0.717) is 31.6 Å². The fourth-order valence-corrected chi connectivity index (χ4v) is 3.60. The van der Waals surface area contributed by atoms with Crippen molar-refractivity contribution in [2.75, 3.05) is 13.2 Å². The van der Waals surface area contributed by atoms with Crippen LogP contribution in [0.4, 0.5) is 13.2 Å². The van der Waals surface area contributed by atoms with Gasteiger partial charge in [0.25, 0.3) is 5.91 Å². The predicted molar refractivity (Wildman–Crippen MR) is 86.8 cm³/mol.